The largest absolute Gasteiger partial charge is 1.00 e. The van der Waals surface area contributed by atoms with Gasteiger partial charge in [-0.1, -0.05) is 104 Å². The fourth-order valence-electron chi connectivity index (χ4n) is 3.89. The monoisotopic (exact) mass is 480 g/mol. The minimum absolute atomic E-state index is 0. The second kappa shape index (κ2) is 28.4. The molecule has 1 radical (unpaired) electrons. The van der Waals surface area contributed by atoms with Gasteiger partial charge in [0.05, 0.1) is 27.2 Å². The Morgan fingerprint density at radius 2 is 0.839 bits per heavy atom. The van der Waals surface area contributed by atoms with Crippen molar-refractivity contribution >= 4 is 9.28 Å². The Morgan fingerprint density at radius 1 is 0.516 bits per heavy atom. The van der Waals surface area contributed by atoms with Crippen molar-refractivity contribution in [2.75, 3.05) is 41.4 Å². The molecule has 5 heteroatoms. The van der Waals surface area contributed by atoms with E-state index in [0.29, 0.717) is 0 Å². The summed E-state index contributed by atoms with van der Waals surface area (Å²) in [5.74, 6) is 0. The van der Waals surface area contributed by atoms with E-state index in [0.717, 1.165) is 0 Å². The molecule has 0 heterocycles. The van der Waals surface area contributed by atoms with Crippen LogP contribution in [0.3, 0.4) is 0 Å². The van der Waals surface area contributed by atoms with Crippen LogP contribution >= 0.6 is 0 Å². The van der Waals surface area contributed by atoms with Crippen molar-refractivity contribution in [2.24, 2.45) is 0 Å². The van der Waals surface area contributed by atoms with Gasteiger partial charge in [-0.15, -0.1) is 0 Å². The third-order valence-corrected chi connectivity index (χ3v) is 7.17. The molecular formula is C26H59ClNO2Si. The molecule has 0 amide bonds. The van der Waals surface area contributed by atoms with Crippen LogP contribution in [0.15, 0.2) is 0 Å². The van der Waals surface area contributed by atoms with E-state index >= 15 is 0 Å². The quantitative estimate of drug-likeness (QED) is 0.129. The highest BCUT2D eigenvalue weighted by atomic mass is 35.5. The lowest BCUT2D eigenvalue weighted by Gasteiger charge is -2.29. The summed E-state index contributed by atoms with van der Waals surface area (Å²) in [6.45, 7) is 9.23. The minimum Gasteiger partial charge on any atom is -1.00 e. The highest BCUT2D eigenvalue weighted by Crippen LogP contribution is 2.14. The Balaban J connectivity index is -0.000000976. The van der Waals surface area contributed by atoms with E-state index in [1.807, 2.05) is 6.55 Å². The molecule has 0 fully saturated rings. The van der Waals surface area contributed by atoms with Gasteiger partial charge >= 0.3 is 9.28 Å². The molecular weight excluding hydrogens is 422 g/mol. The van der Waals surface area contributed by atoms with Crippen molar-refractivity contribution in [3.8, 4) is 0 Å². The zero-order chi connectivity index (χ0) is 22.9. The van der Waals surface area contributed by atoms with E-state index in [9.17, 15) is 0 Å². The second-order valence-electron chi connectivity index (χ2n) is 9.59. The van der Waals surface area contributed by atoms with Crippen LogP contribution < -0.4 is 12.4 Å². The third-order valence-electron chi connectivity index (χ3n) is 6.02. The first-order valence-corrected chi connectivity index (χ1v) is 15.0. The number of nitrogens with zero attached hydrogens (tertiary/aromatic N) is 1. The normalized spacial score (nSPS) is 11.2. The summed E-state index contributed by atoms with van der Waals surface area (Å²) in [5, 5.41) is 0. The number of rotatable bonds is 21. The molecule has 191 valence electrons. The Hall–Kier alpha value is 0.387. The molecule has 0 aliphatic carbocycles. The smallest absolute Gasteiger partial charge is 0.380 e. The molecule has 0 aliphatic rings. The average molecular weight is 481 g/mol. The van der Waals surface area contributed by atoms with Gasteiger partial charge in [0.25, 0.3) is 0 Å². The molecule has 31 heavy (non-hydrogen) atoms. The number of halogens is 1. The van der Waals surface area contributed by atoms with Crippen LogP contribution in [-0.4, -0.2) is 55.2 Å². The van der Waals surface area contributed by atoms with Gasteiger partial charge in [0.15, 0.2) is 0 Å². The van der Waals surface area contributed by atoms with Crippen molar-refractivity contribution in [2.45, 2.75) is 130 Å². The number of hydrogen-bond donors (Lipinski definition) is 0. The fraction of sp³-hybridized carbons (Fsp3) is 1.00. The number of unbranched alkanes of at least 4 members (excludes halogenated alkanes) is 15. The van der Waals surface area contributed by atoms with Gasteiger partial charge in [-0.3, -0.25) is 0 Å². The lowest BCUT2D eigenvalue weighted by Crippen LogP contribution is -3.00. The Kier molecular flexibility index (Phi) is 33.0. The van der Waals surface area contributed by atoms with Crippen LogP contribution in [0.4, 0.5) is 0 Å². The minimum atomic E-state index is -0.868. The Bertz CT molecular complexity index is 316. The SMILES string of the molecule is CCCCCCCCCCCCCCCCCC[N+](C)(C)CCC.CO[Si](C)OC.[Cl-]. The molecule has 0 unspecified atom stereocenters. The number of quaternary nitrogens is 1. The van der Waals surface area contributed by atoms with Gasteiger partial charge in [0.2, 0.25) is 0 Å². The first-order chi connectivity index (χ1) is 14.4. The van der Waals surface area contributed by atoms with Crippen LogP contribution in [0.1, 0.15) is 123 Å². The highest BCUT2D eigenvalue weighted by molar-refractivity contribution is 6.42. The summed E-state index contributed by atoms with van der Waals surface area (Å²) in [7, 11) is 7.20. The summed E-state index contributed by atoms with van der Waals surface area (Å²) in [6, 6.07) is 0. The molecule has 0 rings (SSSR count). The van der Waals surface area contributed by atoms with E-state index in [1.165, 1.54) is 127 Å². The van der Waals surface area contributed by atoms with Crippen LogP contribution in [0.5, 0.6) is 0 Å². The molecule has 0 aromatic carbocycles. The maximum atomic E-state index is 4.78. The summed E-state index contributed by atoms with van der Waals surface area (Å²) < 4.78 is 10.8. The summed E-state index contributed by atoms with van der Waals surface area (Å²) in [4.78, 5) is 0. The molecule has 0 bridgehead atoms. The van der Waals surface area contributed by atoms with Gasteiger partial charge < -0.3 is 25.7 Å². The van der Waals surface area contributed by atoms with Crippen LogP contribution in [0.25, 0.3) is 0 Å². The molecule has 0 atom stereocenters. The van der Waals surface area contributed by atoms with Crippen molar-refractivity contribution in [3.63, 3.8) is 0 Å². The van der Waals surface area contributed by atoms with Gasteiger partial charge in [-0.2, -0.15) is 0 Å². The fourth-order valence-corrected chi connectivity index (χ4v) is 4.06. The molecule has 0 spiro atoms. The van der Waals surface area contributed by atoms with Gasteiger partial charge in [0.1, 0.15) is 0 Å². The average Bonchev–Trinajstić information content (AvgIpc) is 2.73. The molecule has 0 aromatic rings. The van der Waals surface area contributed by atoms with Crippen molar-refractivity contribution in [1.82, 2.24) is 0 Å². The van der Waals surface area contributed by atoms with Crippen LogP contribution in [0, 0.1) is 0 Å². The first kappa shape index (κ1) is 36.0. The molecule has 0 saturated carbocycles. The lowest BCUT2D eigenvalue weighted by molar-refractivity contribution is -0.890. The maximum Gasteiger partial charge on any atom is 0.380 e. The molecule has 0 aromatic heterocycles. The van der Waals surface area contributed by atoms with Crippen LogP contribution in [0.2, 0.25) is 6.55 Å². The molecule has 0 aliphatic heterocycles. The molecule has 0 N–H and O–H groups in total. The van der Waals surface area contributed by atoms with E-state index in [2.05, 4.69) is 27.9 Å². The van der Waals surface area contributed by atoms with Crippen molar-refractivity contribution in [3.05, 3.63) is 0 Å². The Morgan fingerprint density at radius 3 is 1.10 bits per heavy atom. The van der Waals surface area contributed by atoms with Gasteiger partial charge in [-0.05, 0) is 25.8 Å². The standard InChI is InChI=1S/C23H50N.C3H9O2Si.ClH/c1-5-7-8-9-10-11-12-13-14-15-16-17-18-19-20-21-23-24(3,4)22-6-2;1-4-6(3)5-2;/h5-23H2,1-4H3;1-3H3;1H/q+1;;/p-1. The zero-order valence-electron chi connectivity index (χ0n) is 22.6. The number of hydrogen-bond acceptors (Lipinski definition) is 2. The van der Waals surface area contributed by atoms with E-state index in [1.54, 1.807) is 14.2 Å². The van der Waals surface area contributed by atoms with Crippen LogP contribution in [-0.2, 0) is 8.85 Å². The third kappa shape index (κ3) is 32.6. The topological polar surface area (TPSA) is 18.5 Å². The predicted octanol–water partition coefficient (Wildman–Crippen LogP) is 5.14. The van der Waals surface area contributed by atoms with Gasteiger partial charge in [-0.25, -0.2) is 0 Å². The van der Waals surface area contributed by atoms with Crippen molar-refractivity contribution in [1.29, 1.82) is 0 Å². The van der Waals surface area contributed by atoms with E-state index in [4.69, 9.17) is 8.85 Å². The van der Waals surface area contributed by atoms with E-state index < -0.39 is 9.28 Å². The lowest BCUT2D eigenvalue weighted by atomic mass is 10.0. The zero-order valence-corrected chi connectivity index (χ0v) is 24.3. The Labute approximate surface area is 205 Å². The highest BCUT2D eigenvalue weighted by Gasteiger charge is 2.11. The summed E-state index contributed by atoms with van der Waals surface area (Å²) in [6.07, 6.45) is 24.7. The summed E-state index contributed by atoms with van der Waals surface area (Å²) >= 11 is 0. The van der Waals surface area contributed by atoms with Crippen molar-refractivity contribution < 1.29 is 25.7 Å². The summed E-state index contributed by atoms with van der Waals surface area (Å²) in [5.41, 5.74) is 0. The molecule has 0 saturated heterocycles. The first-order valence-electron chi connectivity index (χ1n) is 13.2. The predicted molar refractivity (Wildman–Crippen MR) is 137 cm³/mol. The maximum absolute atomic E-state index is 4.78. The van der Waals surface area contributed by atoms with Gasteiger partial charge in [0, 0.05) is 14.2 Å². The van der Waals surface area contributed by atoms with E-state index in [-0.39, 0.29) is 12.4 Å². The molecule has 3 nitrogen and oxygen atoms in total. The second-order valence-corrected chi connectivity index (χ2v) is 11.4.